The van der Waals surface area contributed by atoms with Gasteiger partial charge in [0.25, 0.3) is 0 Å². The fourth-order valence-corrected chi connectivity index (χ4v) is 1.98. The number of hydrogen-bond donors (Lipinski definition) is 0. The molecule has 0 aromatic heterocycles. The molecule has 0 aliphatic carbocycles. The molecule has 1 aromatic rings. The van der Waals surface area contributed by atoms with Crippen LogP contribution in [0.1, 0.15) is 31.1 Å². The van der Waals surface area contributed by atoms with Crippen molar-refractivity contribution in [3.05, 3.63) is 41.2 Å². The predicted octanol–water partition coefficient (Wildman–Crippen LogP) is 2.88. The fraction of sp³-hybridized carbons (Fsp3) is 0.438. The Morgan fingerprint density at radius 3 is 3.00 bits per heavy atom. The lowest BCUT2D eigenvalue weighted by Gasteiger charge is -2.16. The zero-order valence-electron chi connectivity index (χ0n) is 12.2. The van der Waals surface area contributed by atoms with Crippen molar-refractivity contribution in [2.24, 2.45) is 0 Å². The molecule has 2 rings (SSSR count). The first-order valence-electron chi connectivity index (χ1n) is 6.98. The van der Waals surface area contributed by atoms with Gasteiger partial charge in [-0.1, -0.05) is 12.1 Å². The average Bonchev–Trinajstić information content (AvgIpc) is 3.27. The normalized spacial score (nSPS) is 18.7. The van der Waals surface area contributed by atoms with E-state index in [1.54, 1.807) is 32.1 Å². The number of ether oxygens (including phenoxy) is 3. The minimum Gasteiger partial charge on any atom is -0.463 e. The van der Waals surface area contributed by atoms with Gasteiger partial charge in [0, 0.05) is 11.6 Å². The molecule has 4 nitrogen and oxygen atoms in total. The van der Waals surface area contributed by atoms with E-state index in [0.29, 0.717) is 30.9 Å². The monoisotopic (exact) mass is 294 g/mol. The van der Waals surface area contributed by atoms with Gasteiger partial charge in [-0.2, -0.15) is 0 Å². The second-order valence-electron chi connectivity index (χ2n) is 4.76. The van der Waals surface area contributed by atoms with Gasteiger partial charge >= 0.3 is 5.97 Å². The van der Waals surface area contributed by atoms with Crippen LogP contribution in [0, 0.1) is 5.82 Å². The third kappa shape index (κ3) is 4.65. The molecule has 1 aliphatic rings. The van der Waals surface area contributed by atoms with E-state index in [9.17, 15) is 9.18 Å². The molecule has 0 bridgehead atoms. The molecule has 0 radical (unpaired) electrons. The highest BCUT2D eigenvalue weighted by atomic mass is 19.1. The summed E-state index contributed by atoms with van der Waals surface area (Å²) in [5.74, 6) is -0.808. The lowest BCUT2D eigenvalue weighted by atomic mass is 10.0. The summed E-state index contributed by atoms with van der Waals surface area (Å²) in [4.78, 5) is 11.4. The predicted molar refractivity (Wildman–Crippen MR) is 76.2 cm³/mol. The van der Waals surface area contributed by atoms with E-state index in [1.165, 1.54) is 12.1 Å². The van der Waals surface area contributed by atoms with Crippen molar-refractivity contribution in [2.45, 2.75) is 26.1 Å². The number of rotatable bonds is 7. The van der Waals surface area contributed by atoms with Crippen LogP contribution in [0.3, 0.4) is 0 Å². The lowest BCUT2D eigenvalue weighted by molar-refractivity contribution is -0.137. The summed E-state index contributed by atoms with van der Waals surface area (Å²) in [6.07, 6.45) is 2.54. The van der Waals surface area contributed by atoms with Crippen LogP contribution in [0.25, 0.3) is 6.08 Å². The summed E-state index contributed by atoms with van der Waals surface area (Å²) in [5.41, 5.74) is 1.03. The maximum absolute atomic E-state index is 14.1. The van der Waals surface area contributed by atoms with Gasteiger partial charge in [-0.25, -0.2) is 9.18 Å². The lowest BCUT2D eigenvalue weighted by Crippen LogP contribution is -2.09. The minimum atomic E-state index is -0.451. The molecule has 0 saturated carbocycles. The number of benzene rings is 1. The highest BCUT2D eigenvalue weighted by molar-refractivity contribution is 5.87. The highest BCUT2D eigenvalue weighted by Gasteiger charge is 2.25. The van der Waals surface area contributed by atoms with Gasteiger partial charge in [-0.15, -0.1) is 0 Å². The van der Waals surface area contributed by atoms with Crippen molar-refractivity contribution in [3.8, 4) is 0 Å². The second kappa shape index (κ2) is 7.33. The Balaban J connectivity index is 2.12. The first-order chi connectivity index (χ1) is 10.1. The minimum absolute atomic E-state index is 0.123. The summed E-state index contributed by atoms with van der Waals surface area (Å²) in [7, 11) is 0. The standard InChI is InChI=1S/C16H19FO4/c1-3-19-15(18)8-7-12-5-4-6-14(17)16(12)11(2)20-9-13-10-21-13/h4-8,11,13H,3,9-10H2,1-2H3/t11?,13-/m0/s1. The van der Waals surface area contributed by atoms with E-state index in [4.69, 9.17) is 14.2 Å². The van der Waals surface area contributed by atoms with Crippen molar-refractivity contribution in [1.82, 2.24) is 0 Å². The molecule has 1 fully saturated rings. The van der Waals surface area contributed by atoms with Crippen LogP contribution in [0.15, 0.2) is 24.3 Å². The molecule has 21 heavy (non-hydrogen) atoms. The van der Waals surface area contributed by atoms with Gasteiger partial charge in [-0.05, 0) is 31.6 Å². The molecule has 0 amide bonds. The molecule has 1 saturated heterocycles. The smallest absolute Gasteiger partial charge is 0.330 e. The molecule has 114 valence electrons. The van der Waals surface area contributed by atoms with Gasteiger partial charge in [-0.3, -0.25) is 0 Å². The van der Waals surface area contributed by atoms with Crippen LogP contribution in [0.2, 0.25) is 0 Å². The van der Waals surface area contributed by atoms with Crippen molar-refractivity contribution >= 4 is 12.0 Å². The fourth-order valence-electron chi connectivity index (χ4n) is 1.98. The van der Waals surface area contributed by atoms with Crippen LogP contribution in [0.4, 0.5) is 4.39 Å². The van der Waals surface area contributed by atoms with Gasteiger partial charge in [0.2, 0.25) is 0 Å². The molecule has 5 heteroatoms. The Hall–Kier alpha value is -1.72. The van der Waals surface area contributed by atoms with Crippen molar-refractivity contribution in [2.75, 3.05) is 19.8 Å². The number of carbonyl (C=O) groups excluding carboxylic acids is 1. The van der Waals surface area contributed by atoms with Crippen LogP contribution in [-0.4, -0.2) is 31.9 Å². The SMILES string of the molecule is CCOC(=O)C=Cc1cccc(F)c1C(C)OC[C@H]1CO1. The first-order valence-corrected chi connectivity index (χ1v) is 6.98. The molecule has 1 aromatic carbocycles. The number of esters is 1. The summed E-state index contributed by atoms with van der Waals surface area (Å²) in [5, 5.41) is 0. The molecule has 0 N–H and O–H groups in total. The third-order valence-electron chi connectivity index (χ3n) is 3.11. The maximum atomic E-state index is 14.1. The Labute approximate surface area is 123 Å². The zero-order chi connectivity index (χ0) is 15.2. The second-order valence-corrected chi connectivity index (χ2v) is 4.76. The van der Waals surface area contributed by atoms with E-state index in [-0.39, 0.29) is 11.9 Å². The van der Waals surface area contributed by atoms with Gasteiger partial charge in [0.15, 0.2) is 0 Å². The molecule has 1 unspecified atom stereocenters. The molecule has 1 aliphatic heterocycles. The van der Waals surface area contributed by atoms with Crippen LogP contribution < -0.4 is 0 Å². The number of halogens is 1. The summed E-state index contributed by atoms with van der Waals surface area (Å²) in [6, 6.07) is 4.71. The maximum Gasteiger partial charge on any atom is 0.330 e. The summed E-state index contributed by atoms with van der Waals surface area (Å²) in [6.45, 7) is 4.95. The van der Waals surface area contributed by atoms with E-state index < -0.39 is 12.1 Å². The topological polar surface area (TPSA) is 48.1 Å². The van der Waals surface area contributed by atoms with E-state index in [2.05, 4.69) is 0 Å². The van der Waals surface area contributed by atoms with E-state index in [0.717, 1.165) is 0 Å². The van der Waals surface area contributed by atoms with E-state index in [1.807, 2.05) is 0 Å². The molecule has 0 spiro atoms. The van der Waals surface area contributed by atoms with Crippen molar-refractivity contribution < 1.29 is 23.4 Å². The quantitative estimate of drug-likeness (QED) is 0.441. The number of epoxide rings is 1. The van der Waals surface area contributed by atoms with Gasteiger partial charge in [0.1, 0.15) is 11.9 Å². The number of carbonyl (C=O) groups is 1. The largest absolute Gasteiger partial charge is 0.463 e. The molecular formula is C16H19FO4. The summed E-state index contributed by atoms with van der Waals surface area (Å²) >= 11 is 0. The van der Waals surface area contributed by atoms with Crippen LogP contribution in [-0.2, 0) is 19.0 Å². The van der Waals surface area contributed by atoms with Crippen LogP contribution >= 0.6 is 0 Å². The first kappa shape index (κ1) is 15.7. The number of hydrogen-bond acceptors (Lipinski definition) is 4. The Bertz CT molecular complexity index is 523. The van der Waals surface area contributed by atoms with Crippen molar-refractivity contribution in [1.29, 1.82) is 0 Å². The van der Waals surface area contributed by atoms with E-state index >= 15 is 0 Å². The molecule has 2 atom stereocenters. The molecular weight excluding hydrogens is 275 g/mol. The Morgan fingerprint density at radius 1 is 1.57 bits per heavy atom. The Morgan fingerprint density at radius 2 is 2.33 bits per heavy atom. The van der Waals surface area contributed by atoms with Gasteiger partial charge in [0.05, 0.1) is 25.9 Å². The third-order valence-corrected chi connectivity index (χ3v) is 3.11. The Kier molecular flexibility index (Phi) is 5.47. The summed E-state index contributed by atoms with van der Waals surface area (Å²) < 4.78 is 29.5. The molecule has 1 heterocycles. The van der Waals surface area contributed by atoms with Crippen molar-refractivity contribution in [3.63, 3.8) is 0 Å². The average molecular weight is 294 g/mol. The highest BCUT2D eigenvalue weighted by Crippen LogP contribution is 2.26. The zero-order valence-corrected chi connectivity index (χ0v) is 12.2. The van der Waals surface area contributed by atoms with Gasteiger partial charge < -0.3 is 14.2 Å². The van der Waals surface area contributed by atoms with Crippen LogP contribution in [0.5, 0.6) is 0 Å².